The summed E-state index contributed by atoms with van der Waals surface area (Å²) in [5, 5.41) is 4.14. The van der Waals surface area contributed by atoms with Crippen molar-refractivity contribution < 1.29 is 18.6 Å². The molecule has 6 nitrogen and oxygen atoms in total. The van der Waals surface area contributed by atoms with Crippen LogP contribution in [0, 0.1) is 5.82 Å². The van der Waals surface area contributed by atoms with Crippen LogP contribution in [-0.2, 0) is 6.61 Å². The molecule has 0 aliphatic carbocycles. The van der Waals surface area contributed by atoms with Crippen molar-refractivity contribution in [3.8, 4) is 17.2 Å². The highest BCUT2D eigenvalue weighted by Gasteiger charge is 2.12. The number of hydrogen-bond acceptors (Lipinski definition) is 6. The van der Waals surface area contributed by atoms with E-state index in [1.165, 1.54) is 24.0 Å². The molecular formula is C27H26FN3O3. The highest BCUT2D eigenvalue weighted by Crippen LogP contribution is 2.35. The average molecular weight is 460 g/mol. The van der Waals surface area contributed by atoms with E-state index in [0.717, 1.165) is 22.2 Å². The topological polar surface area (TPSA) is 65.5 Å². The SMILES string of the molecule is COc1cc2ncnc(Nc3ccc(OCc4cccc(F)c4)cc3)c2cc1OCC=C(C)C. The largest absolute Gasteiger partial charge is 0.493 e. The molecule has 0 spiro atoms. The van der Waals surface area contributed by atoms with Gasteiger partial charge in [0.15, 0.2) is 11.5 Å². The van der Waals surface area contributed by atoms with Gasteiger partial charge in [0.05, 0.1) is 12.6 Å². The van der Waals surface area contributed by atoms with Gasteiger partial charge in [0.2, 0.25) is 0 Å². The maximum Gasteiger partial charge on any atom is 0.162 e. The van der Waals surface area contributed by atoms with E-state index < -0.39 is 0 Å². The Kier molecular flexibility index (Phi) is 7.22. The lowest BCUT2D eigenvalue weighted by molar-refractivity contribution is 0.305. The molecule has 0 fully saturated rings. The molecule has 0 radical (unpaired) electrons. The number of fused-ring (bicyclic) bond motifs is 1. The lowest BCUT2D eigenvalue weighted by Crippen LogP contribution is -2.00. The lowest BCUT2D eigenvalue weighted by atomic mass is 10.2. The highest BCUT2D eigenvalue weighted by atomic mass is 19.1. The van der Waals surface area contributed by atoms with Crippen LogP contribution >= 0.6 is 0 Å². The summed E-state index contributed by atoms with van der Waals surface area (Å²) in [4.78, 5) is 8.79. The van der Waals surface area contributed by atoms with Crippen molar-refractivity contribution in [2.45, 2.75) is 20.5 Å². The molecule has 0 saturated heterocycles. The van der Waals surface area contributed by atoms with Crippen molar-refractivity contribution in [3.63, 3.8) is 0 Å². The van der Waals surface area contributed by atoms with Crippen molar-refractivity contribution in [2.75, 3.05) is 19.0 Å². The molecular weight excluding hydrogens is 433 g/mol. The molecule has 34 heavy (non-hydrogen) atoms. The second kappa shape index (κ2) is 10.7. The lowest BCUT2D eigenvalue weighted by Gasteiger charge is -2.13. The van der Waals surface area contributed by atoms with E-state index in [1.54, 1.807) is 13.2 Å². The second-order valence-electron chi connectivity index (χ2n) is 7.90. The summed E-state index contributed by atoms with van der Waals surface area (Å²) in [5.74, 6) is 2.28. The number of hydrogen-bond donors (Lipinski definition) is 1. The molecule has 1 aromatic heterocycles. The molecule has 174 valence electrons. The van der Waals surface area contributed by atoms with E-state index in [4.69, 9.17) is 14.2 Å². The van der Waals surface area contributed by atoms with Gasteiger partial charge in [0.1, 0.15) is 36.9 Å². The van der Waals surface area contributed by atoms with Crippen LogP contribution in [0.3, 0.4) is 0 Å². The quantitative estimate of drug-likeness (QED) is 0.290. The number of allylic oxidation sites excluding steroid dienone is 1. The maximum absolute atomic E-state index is 13.3. The maximum atomic E-state index is 13.3. The van der Waals surface area contributed by atoms with Crippen molar-refractivity contribution in [1.82, 2.24) is 9.97 Å². The molecule has 1 N–H and O–H groups in total. The average Bonchev–Trinajstić information content (AvgIpc) is 2.83. The van der Waals surface area contributed by atoms with Crippen LogP contribution in [0.2, 0.25) is 0 Å². The fraction of sp³-hybridized carbons (Fsp3) is 0.185. The van der Waals surface area contributed by atoms with Gasteiger partial charge in [-0.1, -0.05) is 17.7 Å². The van der Waals surface area contributed by atoms with Crippen LogP contribution in [0.4, 0.5) is 15.9 Å². The minimum absolute atomic E-state index is 0.277. The van der Waals surface area contributed by atoms with Gasteiger partial charge in [-0.05, 0) is 68.0 Å². The third-order valence-electron chi connectivity index (χ3n) is 5.06. The summed E-state index contributed by atoms with van der Waals surface area (Å²) in [7, 11) is 1.60. The number of ether oxygens (including phenoxy) is 3. The fourth-order valence-electron chi connectivity index (χ4n) is 3.30. The number of nitrogens with one attached hydrogen (secondary N) is 1. The Morgan fingerprint density at radius 2 is 1.79 bits per heavy atom. The third-order valence-corrected chi connectivity index (χ3v) is 5.06. The van der Waals surface area contributed by atoms with Crippen LogP contribution in [0.5, 0.6) is 17.2 Å². The van der Waals surface area contributed by atoms with E-state index >= 15 is 0 Å². The number of halogens is 1. The van der Waals surface area contributed by atoms with Crippen molar-refractivity contribution in [3.05, 3.63) is 90.0 Å². The summed E-state index contributed by atoms with van der Waals surface area (Å²) in [5.41, 5.74) is 3.52. The van der Waals surface area contributed by atoms with Gasteiger partial charge in [-0.25, -0.2) is 14.4 Å². The van der Waals surface area contributed by atoms with Crippen molar-refractivity contribution in [1.29, 1.82) is 0 Å². The third kappa shape index (κ3) is 5.81. The molecule has 1 heterocycles. The van der Waals surface area contributed by atoms with Crippen LogP contribution in [-0.4, -0.2) is 23.7 Å². The molecule has 0 aliphatic rings. The number of nitrogens with zero attached hydrogens (tertiary/aromatic N) is 2. The monoisotopic (exact) mass is 459 g/mol. The van der Waals surface area contributed by atoms with Crippen molar-refractivity contribution in [2.24, 2.45) is 0 Å². The Hall–Kier alpha value is -4.13. The number of rotatable bonds is 9. The van der Waals surface area contributed by atoms with Gasteiger partial charge >= 0.3 is 0 Å². The number of methoxy groups -OCH3 is 1. The molecule has 0 atom stereocenters. The number of anilines is 2. The molecule has 0 amide bonds. The summed E-state index contributed by atoms with van der Waals surface area (Å²) in [6.45, 7) is 4.78. The number of benzene rings is 3. The molecule has 0 unspecified atom stereocenters. The zero-order valence-corrected chi connectivity index (χ0v) is 19.3. The minimum atomic E-state index is -0.277. The Balaban J connectivity index is 1.51. The highest BCUT2D eigenvalue weighted by molar-refractivity contribution is 5.93. The second-order valence-corrected chi connectivity index (χ2v) is 7.90. The van der Waals surface area contributed by atoms with Crippen LogP contribution in [0.15, 0.2) is 78.6 Å². The van der Waals surface area contributed by atoms with Gasteiger partial charge < -0.3 is 19.5 Å². The molecule has 0 bridgehead atoms. The predicted octanol–water partition coefficient (Wildman–Crippen LogP) is 6.45. The summed E-state index contributed by atoms with van der Waals surface area (Å²) in [6.07, 6.45) is 3.51. The normalized spacial score (nSPS) is 10.6. The summed E-state index contributed by atoms with van der Waals surface area (Å²) in [6, 6.07) is 17.6. The Labute approximate surface area is 198 Å². The first-order chi connectivity index (χ1) is 16.5. The van der Waals surface area contributed by atoms with Crippen LogP contribution in [0.25, 0.3) is 10.9 Å². The first kappa shape index (κ1) is 23.0. The smallest absolute Gasteiger partial charge is 0.162 e. The predicted molar refractivity (Wildman–Crippen MR) is 131 cm³/mol. The summed E-state index contributed by atoms with van der Waals surface area (Å²) >= 11 is 0. The molecule has 3 aromatic carbocycles. The van der Waals surface area contributed by atoms with E-state index in [-0.39, 0.29) is 5.82 Å². The molecule has 4 aromatic rings. The van der Waals surface area contributed by atoms with E-state index in [0.29, 0.717) is 36.3 Å². The Morgan fingerprint density at radius 3 is 2.53 bits per heavy atom. The van der Waals surface area contributed by atoms with Crippen LogP contribution in [0.1, 0.15) is 19.4 Å². The molecule has 4 rings (SSSR count). The zero-order chi connectivity index (χ0) is 23.9. The molecule has 0 saturated carbocycles. The van der Waals surface area contributed by atoms with E-state index in [9.17, 15) is 4.39 Å². The Bertz CT molecular complexity index is 1300. The summed E-state index contributed by atoms with van der Waals surface area (Å²) < 4.78 is 30.5. The first-order valence-electron chi connectivity index (χ1n) is 10.8. The van der Waals surface area contributed by atoms with Gasteiger partial charge in [-0.2, -0.15) is 0 Å². The van der Waals surface area contributed by atoms with Gasteiger partial charge in [0.25, 0.3) is 0 Å². The zero-order valence-electron chi connectivity index (χ0n) is 19.3. The first-order valence-corrected chi connectivity index (χ1v) is 10.8. The fourth-order valence-corrected chi connectivity index (χ4v) is 3.30. The van der Waals surface area contributed by atoms with Gasteiger partial charge in [0, 0.05) is 17.1 Å². The van der Waals surface area contributed by atoms with Gasteiger partial charge in [-0.3, -0.25) is 0 Å². The van der Waals surface area contributed by atoms with E-state index in [2.05, 4.69) is 15.3 Å². The minimum Gasteiger partial charge on any atom is -0.493 e. The van der Waals surface area contributed by atoms with E-state index in [1.807, 2.05) is 62.4 Å². The van der Waals surface area contributed by atoms with Gasteiger partial charge in [-0.15, -0.1) is 0 Å². The molecule has 7 heteroatoms. The van der Waals surface area contributed by atoms with Crippen LogP contribution < -0.4 is 19.5 Å². The van der Waals surface area contributed by atoms with Crippen molar-refractivity contribution >= 4 is 22.4 Å². The molecule has 0 aliphatic heterocycles. The Morgan fingerprint density at radius 1 is 0.971 bits per heavy atom. The number of aromatic nitrogens is 2. The standard InChI is InChI=1S/C27H26FN3O3/c1-18(2)11-12-33-26-14-23-24(15-25(26)32-3)29-17-30-27(23)31-21-7-9-22(10-8-21)34-16-19-5-4-6-20(28)13-19/h4-11,13-15,17H,12,16H2,1-3H3,(H,29,30,31).